The monoisotopic (exact) mass is 388 g/mol. The molecule has 1 amide bonds. The Morgan fingerprint density at radius 2 is 1.57 bits per heavy atom. The quantitative estimate of drug-likeness (QED) is 0.666. The molecule has 1 aromatic carbocycles. The van der Waals surface area contributed by atoms with E-state index in [0.717, 1.165) is 12.8 Å². The molecule has 1 aromatic heterocycles. The van der Waals surface area contributed by atoms with E-state index in [2.05, 4.69) is 15.3 Å². The molecule has 1 N–H and O–H groups in total. The van der Waals surface area contributed by atoms with Crippen molar-refractivity contribution in [1.29, 1.82) is 0 Å². The van der Waals surface area contributed by atoms with Gasteiger partial charge < -0.3 is 24.4 Å². The molecule has 1 heterocycles. The minimum absolute atomic E-state index is 0.0981. The lowest BCUT2D eigenvalue weighted by Gasteiger charge is -2.21. The molecule has 0 radical (unpaired) electrons. The van der Waals surface area contributed by atoms with E-state index >= 15 is 0 Å². The van der Waals surface area contributed by atoms with E-state index in [1.165, 1.54) is 6.33 Å². The fourth-order valence-electron chi connectivity index (χ4n) is 2.86. The minimum atomic E-state index is -0.0981. The lowest BCUT2D eigenvalue weighted by molar-refractivity contribution is 0.0749. The zero-order valence-electron chi connectivity index (χ0n) is 17.1. The Balaban J connectivity index is 2.28. The van der Waals surface area contributed by atoms with Crippen LogP contribution in [0.2, 0.25) is 0 Å². The lowest BCUT2D eigenvalue weighted by Crippen LogP contribution is -2.33. The number of benzene rings is 1. The van der Waals surface area contributed by atoms with Crippen LogP contribution in [0, 0.1) is 0 Å². The van der Waals surface area contributed by atoms with Crippen LogP contribution in [0.3, 0.4) is 0 Å². The van der Waals surface area contributed by atoms with E-state index < -0.39 is 0 Å². The number of hydrogen-bond donors (Lipinski definition) is 1. The Morgan fingerprint density at radius 3 is 2.07 bits per heavy atom. The zero-order chi connectivity index (χ0) is 20.5. The summed E-state index contributed by atoms with van der Waals surface area (Å²) >= 11 is 0. The number of carbonyl (C=O) groups excluding carboxylic acids is 1. The maximum Gasteiger partial charge on any atom is 0.272 e. The van der Waals surface area contributed by atoms with E-state index in [1.807, 2.05) is 18.7 Å². The molecule has 2 aromatic rings. The number of ether oxygens (including phenoxy) is 3. The van der Waals surface area contributed by atoms with Gasteiger partial charge in [-0.25, -0.2) is 9.97 Å². The highest BCUT2D eigenvalue weighted by atomic mass is 16.5. The highest BCUT2D eigenvalue weighted by molar-refractivity contribution is 5.93. The van der Waals surface area contributed by atoms with Gasteiger partial charge in [-0.2, -0.15) is 0 Å². The zero-order valence-corrected chi connectivity index (χ0v) is 17.1. The molecule has 0 aliphatic heterocycles. The number of nitrogens with one attached hydrogen (secondary N) is 1. The second-order valence-electron chi connectivity index (χ2n) is 6.12. The van der Waals surface area contributed by atoms with Gasteiger partial charge in [-0.05, 0) is 12.8 Å². The Bertz CT molecular complexity index is 767. The van der Waals surface area contributed by atoms with Crippen molar-refractivity contribution in [3.05, 3.63) is 30.2 Å². The molecule has 28 heavy (non-hydrogen) atoms. The van der Waals surface area contributed by atoms with Crippen LogP contribution >= 0.6 is 0 Å². The van der Waals surface area contributed by atoms with Crippen LogP contribution in [-0.4, -0.2) is 55.2 Å². The summed E-state index contributed by atoms with van der Waals surface area (Å²) < 4.78 is 16.1. The van der Waals surface area contributed by atoms with Gasteiger partial charge in [0, 0.05) is 37.0 Å². The summed E-state index contributed by atoms with van der Waals surface area (Å²) in [6, 6.07) is 5.18. The van der Waals surface area contributed by atoms with Crippen LogP contribution in [0.5, 0.6) is 17.2 Å². The maximum absolute atomic E-state index is 12.8. The van der Waals surface area contributed by atoms with Gasteiger partial charge in [-0.3, -0.25) is 4.79 Å². The molecular weight excluding hydrogens is 360 g/mol. The average molecular weight is 388 g/mol. The van der Waals surface area contributed by atoms with Crippen LogP contribution in [0.15, 0.2) is 24.5 Å². The van der Waals surface area contributed by atoms with Crippen LogP contribution in [0.4, 0.5) is 11.5 Å². The number of methoxy groups -OCH3 is 3. The molecule has 152 valence electrons. The molecule has 8 nitrogen and oxygen atoms in total. The van der Waals surface area contributed by atoms with Crippen molar-refractivity contribution in [2.24, 2.45) is 0 Å². The van der Waals surface area contributed by atoms with E-state index in [-0.39, 0.29) is 5.91 Å². The van der Waals surface area contributed by atoms with Crippen molar-refractivity contribution in [2.45, 2.75) is 26.7 Å². The number of anilines is 2. The maximum atomic E-state index is 12.8. The summed E-state index contributed by atoms with van der Waals surface area (Å²) in [7, 11) is 4.66. The standard InChI is InChI=1S/C20H28N4O4/c1-6-8-24(9-7-2)20(25)15-12-18(22-13-21-15)23-14-10-16(26-3)19(28-5)17(11-14)27-4/h10-13H,6-9H2,1-5H3,(H,21,22,23). The van der Waals surface area contributed by atoms with Crippen molar-refractivity contribution >= 4 is 17.4 Å². The SMILES string of the molecule is CCCN(CCC)C(=O)c1cc(Nc2cc(OC)c(OC)c(OC)c2)ncn1. The second-order valence-corrected chi connectivity index (χ2v) is 6.12. The van der Waals surface area contributed by atoms with Crippen LogP contribution in [0.25, 0.3) is 0 Å². The van der Waals surface area contributed by atoms with Gasteiger partial charge in [-0.15, -0.1) is 0 Å². The Labute approximate surface area is 165 Å². The number of amides is 1. The molecule has 0 aliphatic carbocycles. The van der Waals surface area contributed by atoms with Gasteiger partial charge in [0.2, 0.25) is 5.75 Å². The van der Waals surface area contributed by atoms with Gasteiger partial charge in [-0.1, -0.05) is 13.8 Å². The summed E-state index contributed by atoms with van der Waals surface area (Å²) in [5.41, 5.74) is 1.04. The van der Waals surface area contributed by atoms with Crippen LogP contribution in [0.1, 0.15) is 37.2 Å². The number of aromatic nitrogens is 2. The van der Waals surface area contributed by atoms with Crippen molar-refractivity contribution < 1.29 is 19.0 Å². The number of rotatable bonds is 10. The smallest absolute Gasteiger partial charge is 0.272 e. The molecule has 8 heteroatoms. The van der Waals surface area contributed by atoms with E-state index in [4.69, 9.17) is 14.2 Å². The van der Waals surface area contributed by atoms with Crippen molar-refractivity contribution in [1.82, 2.24) is 14.9 Å². The first-order chi connectivity index (χ1) is 13.6. The summed E-state index contributed by atoms with van der Waals surface area (Å²) in [6.45, 7) is 5.50. The number of carbonyl (C=O) groups is 1. The number of nitrogens with zero attached hydrogens (tertiary/aromatic N) is 3. The summed E-state index contributed by atoms with van der Waals surface area (Å²) in [5.74, 6) is 1.95. The van der Waals surface area contributed by atoms with Gasteiger partial charge in [0.1, 0.15) is 17.8 Å². The third-order valence-corrected chi connectivity index (χ3v) is 4.10. The number of hydrogen-bond acceptors (Lipinski definition) is 7. The Morgan fingerprint density at radius 1 is 0.964 bits per heavy atom. The normalized spacial score (nSPS) is 10.3. The molecule has 0 atom stereocenters. The van der Waals surface area contributed by atoms with Crippen molar-refractivity contribution in [3.63, 3.8) is 0 Å². The first kappa shape index (κ1) is 21.3. The third-order valence-electron chi connectivity index (χ3n) is 4.10. The minimum Gasteiger partial charge on any atom is -0.493 e. The first-order valence-corrected chi connectivity index (χ1v) is 9.26. The predicted octanol–water partition coefficient (Wildman–Crippen LogP) is 3.51. The van der Waals surface area contributed by atoms with Crippen molar-refractivity contribution in [3.8, 4) is 17.2 Å². The van der Waals surface area contributed by atoms with Gasteiger partial charge in [0.25, 0.3) is 5.91 Å². The molecule has 2 rings (SSSR count). The van der Waals surface area contributed by atoms with Crippen LogP contribution in [-0.2, 0) is 0 Å². The molecular formula is C20H28N4O4. The van der Waals surface area contributed by atoms with Gasteiger partial charge in [0.15, 0.2) is 11.5 Å². The largest absolute Gasteiger partial charge is 0.493 e. The second kappa shape index (κ2) is 10.3. The first-order valence-electron chi connectivity index (χ1n) is 9.26. The molecule has 0 aliphatic rings. The third kappa shape index (κ3) is 5.03. The van der Waals surface area contributed by atoms with E-state index in [9.17, 15) is 4.79 Å². The predicted molar refractivity (Wildman–Crippen MR) is 108 cm³/mol. The highest BCUT2D eigenvalue weighted by Crippen LogP contribution is 2.40. The topological polar surface area (TPSA) is 85.8 Å². The average Bonchev–Trinajstić information content (AvgIpc) is 2.72. The fourth-order valence-corrected chi connectivity index (χ4v) is 2.86. The van der Waals surface area contributed by atoms with Gasteiger partial charge >= 0.3 is 0 Å². The fraction of sp³-hybridized carbons (Fsp3) is 0.450. The van der Waals surface area contributed by atoms with E-state index in [0.29, 0.717) is 47.5 Å². The Hall–Kier alpha value is -3.03. The summed E-state index contributed by atoms with van der Waals surface area (Å²) in [5, 5.41) is 3.17. The van der Waals surface area contributed by atoms with Crippen molar-refractivity contribution in [2.75, 3.05) is 39.7 Å². The molecule has 0 unspecified atom stereocenters. The lowest BCUT2D eigenvalue weighted by atomic mass is 10.2. The van der Waals surface area contributed by atoms with E-state index in [1.54, 1.807) is 39.5 Å². The highest BCUT2D eigenvalue weighted by Gasteiger charge is 2.17. The van der Waals surface area contributed by atoms with Crippen LogP contribution < -0.4 is 19.5 Å². The molecule has 0 bridgehead atoms. The summed E-state index contributed by atoms with van der Waals surface area (Å²) in [6.07, 6.45) is 3.17. The van der Waals surface area contributed by atoms with Gasteiger partial charge in [0.05, 0.1) is 21.3 Å². The Kier molecular flexibility index (Phi) is 7.86. The molecule has 0 saturated carbocycles. The molecule has 0 fully saturated rings. The summed E-state index contributed by atoms with van der Waals surface area (Å²) in [4.78, 5) is 22.9. The molecule has 0 spiro atoms. The molecule has 0 saturated heterocycles.